The summed E-state index contributed by atoms with van der Waals surface area (Å²) in [5.41, 5.74) is 1.13. The van der Waals surface area contributed by atoms with E-state index >= 15 is 0 Å². The normalized spacial score (nSPS) is 17.7. The van der Waals surface area contributed by atoms with Crippen molar-refractivity contribution in [3.63, 3.8) is 0 Å². The first kappa shape index (κ1) is 21.6. The van der Waals surface area contributed by atoms with Crippen molar-refractivity contribution in [2.75, 3.05) is 13.7 Å². The summed E-state index contributed by atoms with van der Waals surface area (Å²) in [6.45, 7) is 1.00. The topological polar surface area (TPSA) is 84.7 Å². The van der Waals surface area contributed by atoms with Crippen molar-refractivity contribution in [1.82, 2.24) is 14.5 Å². The van der Waals surface area contributed by atoms with Crippen molar-refractivity contribution in [2.45, 2.75) is 19.0 Å². The zero-order valence-electron chi connectivity index (χ0n) is 17.4. The lowest BCUT2D eigenvalue weighted by Crippen LogP contribution is -2.31. The summed E-state index contributed by atoms with van der Waals surface area (Å²) in [5, 5.41) is 11.4. The van der Waals surface area contributed by atoms with E-state index in [9.17, 15) is 14.7 Å². The lowest BCUT2D eigenvalue weighted by atomic mass is 9.95. The Morgan fingerprint density at radius 1 is 1.16 bits per heavy atom. The number of amides is 1. The first-order chi connectivity index (χ1) is 15.5. The fourth-order valence-electron chi connectivity index (χ4n) is 3.90. The summed E-state index contributed by atoms with van der Waals surface area (Å²) in [6, 6.07) is 13.3. The molecule has 1 fully saturated rings. The molecule has 1 amide bonds. The van der Waals surface area contributed by atoms with Gasteiger partial charge in [-0.1, -0.05) is 41.9 Å². The van der Waals surface area contributed by atoms with Crippen LogP contribution in [0.15, 0.2) is 72.8 Å². The number of hydrogen-bond acceptors (Lipinski definition) is 5. The summed E-state index contributed by atoms with van der Waals surface area (Å²) >= 11 is 6.22. The van der Waals surface area contributed by atoms with Crippen LogP contribution in [0, 0.1) is 0 Å². The number of imidazole rings is 1. The Balaban J connectivity index is 1.72. The Morgan fingerprint density at radius 2 is 1.94 bits per heavy atom. The van der Waals surface area contributed by atoms with Crippen LogP contribution in [0.5, 0.6) is 5.75 Å². The van der Waals surface area contributed by atoms with Gasteiger partial charge in [-0.05, 0) is 30.2 Å². The molecule has 2 aromatic carbocycles. The monoisotopic (exact) mass is 451 g/mol. The number of rotatable bonds is 7. The van der Waals surface area contributed by atoms with E-state index in [0.717, 1.165) is 5.56 Å². The smallest absolute Gasteiger partial charge is 0.295 e. The number of benzene rings is 2. The second-order valence-electron chi connectivity index (χ2n) is 7.41. The molecule has 1 aromatic heterocycles. The minimum absolute atomic E-state index is 0.0464. The highest BCUT2D eigenvalue weighted by Gasteiger charge is 2.45. The van der Waals surface area contributed by atoms with Crippen LogP contribution in [0.4, 0.5) is 0 Å². The molecule has 1 unspecified atom stereocenters. The van der Waals surface area contributed by atoms with E-state index in [2.05, 4.69) is 4.98 Å². The zero-order chi connectivity index (χ0) is 22.7. The molecule has 4 rings (SSSR count). The van der Waals surface area contributed by atoms with Crippen molar-refractivity contribution in [1.29, 1.82) is 0 Å². The molecule has 1 saturated heterocycles. The highest BCUT2D eigenvalue weighted by Crippen LogP contribution is 2.40. The van der Waals surface area contributed by atoms with Gasteiger partial charge in [0.05, 0.1) is 30.1 Å². The largest absolute Gasteiger partial charge is 0.507 e. The number of hydrogen-bond donors (Lipinski definition) is 1. The van der Waals surface area contributed by atoms with E-state index in [1.807, 2.05) is 41.1 Å². The molecular formula is C24H22ClN3O4. The maximum atomic E-state index is 13.0. The van der Waals surface area contributed by atoms with Crippen LogP contribution in [-0.4, -0.2) is 44.9 Å². The SMILES string of the molecule is COc1ccc(C(O)=C2C(=O)C(=O)N(CCCn3ccnc3)C2c2ccccc2)cc1Cl. The summed E-state index contributed by atoms with van der Waals surface area (Å²) in [4.78, 5) is 31.5. The molecule has 164 valence electrons. The van der Waals surface area contributed by atoms with Crippen LogP contribution < -0.4 is 4.74 Å². The number of nitrogens with zero attached hydrogens (tertiary/aromatic N) is 3. The van der Waals surface area contributed by atoms with Crippen molar-refractivity contribution >= 4 is 29.1 Å². The Bertz CT molecular complexity index is 1160. The summed E-state index contributed by atoms with van der Waals surface area (Å²) < 4.78 is 7.07. The summed E-state index contributed by atoms with van der Waals surface area (Å²) in [5.74, 6) is -1.17. The van der Waals surface area contributed by atoms with E-state index in [1.165, 1.54) is 18.1 Å². The Kier molecular flexibility index (Phi) is 6.28. The van der Waals surface area contributed by atoms with Crippen LogP contribution in [0.3, 0.4) is 0 Å². The van der Waals surface area contributed by atoms with Crippen molar-refractivity contribution in [3.8, 4) is 5.75 Å². The van der Waals surface area contributed by atoms with Gasteiger partial charge >= 0.3 is 0 Å². The molecule has 1 atom stereocenters. The maximum Gasteiger partial charge on any atom is 0.295 e. The van der Waals surface area contributed by atoms with Crippen LogP contribution >= 0.6 is 11.6 Å². The lowest BCUT2D eigenvalue weighted by Gasteiger charge is -2.25. The number of methoxy groups -OCH3 is 1. The van der Waals surface area contributed by atoms with Gasteiger partial charge in [0.15, 0.2) is 0 Å². The minimum Gasteiger partial charge on any atom is -0.507 e. The number of carbonyl (C=O) groups is 2. The molecule has 1 aliphatic rings. The number of aliphatic hydroxyl groups is 1. The van der Waals surface area contributed by atoms with Gasteiger partial charge in [-0.15, -0.1) is 0 Å². The second-order valence-corrected chi connectivity index (χ2v) is 7.81. The summed E-state index contributed by atoms with van der Waals surface area (Å²) in [7, 11) is 1.49. The third-order valence-electron chi connectivity index (χ3n) is 5.46. The molecule has 0 saturated carbocycles. The molecule has 32 heavy (non-hydrogen) atoms. The number of halogens is 1. The van der Waals surface area contributed by atoms with Crippen LogP contribution in [0.25, 0.3) is 5.76 Å². The first-order valence-corrected chi connectivity index (χ1v) is 10.5. The van der Waals surface area contributed by atoms with Crippen LogP contribution in [0.1, 0.15) is 23.6 Å². The molecule has 0 radical (unpaired) electrons. The van der Waals surface area contributed by atoms with Gasteiger partial charge in [0.1, 0.15) is 11.5 Å². The third-order valence-corrected chi connectivity index (χ3v) is 5.75. The van der Waals surface area contributed by atoms with Gasteiger partial charge in [0.25, 0.3) is 11.7 Å². The van der Waals surface area contributed by atoms with Crippen molar-refractivity contribution in [2.24, 2.45) is 0 Å². The van der Waals surface area contributed by atoms with E-state index in [1.54, 1.807) is 24.7 Å². The fraction of sp³-hybridized carbons (Fsp3) is 0.208. The van der Waals surface area contributed by atoms with Crippen molar-refractivity contribution in [3.05, 3.63) is 89.0 Å². The quantitative estimate of drug-likeness (QED) is 0.332. The third kappa shape index (κ3) is 4.11. The van der Waals surface area contributed by atoms with Crippen molar-refractivity contribution < 1.29 is 19.4 Å². The Labute approximate surface area is 190 Å². The second kappa shape index (κ2) is 9.28. The molecule has 0 spiro atoms. The van der Waals surface area contributed by atoms with Gasteiger partial charge in [-0.25, -0.2) is 4.98 Å². The summed E-state index contributed by atoms with van der Waals surface area (Å²) in [6.07, 6.45) is 5.86. The molecule has 3 aromatic rings. The van der Waals surface area contributed by atoms with Gasteiger partial charge in [0, 0.05) is 31.0 Å². The van der Waals surface area contributed by atoms with E-state index in [0.29, 0.717) is 35.8 Å². The fourth-order valence-corrected chi connectivity index (χ4v) is 4.16. The first-order valence-electron chi connectivity index (χ1n) is 10.1. The van der Waals surface area contributed by atoms with E-state index in [-0.39, 0.29) is 11.3 Å². The molecule has 0 aliphatic carbocycles. The number of Topliss-reactive ketones (excluding diaryl/α,β-unsaturated/α-hetero) is 1. The average molecular weight is 452 g/mol. The molecular weight excluding hydrogens is 430 g/mol. The number of ether oxygens (including phenoxy) is 1. The van der Waals surface area contributed by atoms with E-state index < -0.39 is 17.7 Å². The zero-order valence-corrected chi connectivity index (χ0v) is 18.2. The predicted molar refractivity (Wildman–Crippen MR) is 120 cm³/mol. The Morgan fingerprint density at radius 3 is 2.59 bits per heavy atom. The Hall–Kier alpha value is -3.58. The predicted octanol–water partition coefficient (Wildman–Crippen LogP) is 4.06. The van der Waals surface area contributed by atoms with Crippen LogP contribution in [-0.2, 0) is 16.1 Å². The average Bonchev–Trinajstić information content (AvgIpc) is 3.41. The van der Waals surface area contributed by atoms with E-state index in [4.69, 9.17) is 16.3 Å². The molecule has 1 aliphatic heterocycles. The molecule has 2 heterocycles. The number of aromatic nitrogens is 2. The highest BCUT2D eigenvalue weighted by molar-refractivity contribution is 6.46. The standard InChI is InChI=1S/C24H22ClN3O4/c1-32-19-9-8-17(14-18(19)25)22(29)20-21(16-6-3-2-4-7-16)28(24(31)23(20)30)12-5-11-27-13-10-26-15-27/h2-4,6-10,13-15,21,29H,5,11-12H2,1H3. The number of ketones is 1. The number of aliphatic hydroxyl groups excluding tert-OH is 1. The van der Waals surface area contributed by atoms with Gasteiger partial charge < -0.3 is 19.3 Å². The number of likely N-dealkylation sites (tertiary alicyclic amines) is 1. The van der Waals surface area contributed by atoms with Gasteiger partial charge in [0.2, 0.25) is 0 Å². The minimum atomic E-state index is -0.717. The number of carbonyl (C=O) groups excluding carboxylic acids is 2. The maximum absolute atomic E-state index is 13.0. The highest BCUT2D eigenvalue weighted by atomic mass is 35.5. The number of aryl methyl sites for hydroxylation is 1. The van der Waals surface area contributed by atoms with Crippen LogP contribution in [0.2, 0.25) is 5.02 Å². The molecule has 0 bridgehead atoms. The van der Waals surface area contributed by atoms with Gasteiger partial charge in [-0.2, -0.15) is 0 Å². The molecule has 8 heteroatoms. The van der Waals surface area contributed by atoms with Gasteiger partial charge in [-0.3, -0.25) is 9.59 Å². The molecule has 1 N–H and O–H groups in total. The molecule has 7 nitrogen and oxygen atoms in total. The lowest BCUT2D eigenvalue weighted by molar-refractivity contribution is -0.139.